The monoisotopic (exact) mass is 348 g/mol. The Kier molecular flexibility index (Phi) is 3.41. The van der Waals surface area contributed by atoms with Crippen molar-refractivity contribution < 1.29 is 4.79 Å². The molecular weight excluding hydrogens is 332 g/mol. The first kappa shape index (κ1) is 15.5. The molecule has 0 unspecified atom stereocenters. The summed E-state index contributed by atoms with van der Waals surface area (Å²) in [4.78, 5) is 16.7. The zero-order valence-electron chi connectivity index (χ0n) is 14.5. The number of nitrogens with zero attached hydrogens (tertiary/aromatic N) is 1. The van der Waals surface area contributed by atoms with Crippen LogP contribution in [0.15, 0.2) is 84.9 Å². The van der Waals surface area contributed by atoms with Crippen molar-refractivity contribution in [2.45, 2.75) is 0 Å². The smallest absolute Gasteiger partial charge is 0.267 e. The van der Waals surface area contributed by atoms with Gasteiger partial charge >= 0.3 is 0 Å². The van der Waals surface area contributed by atoms with E-state index in [1.165, 1.54) is 5.39 Å². The van der Waals surface area contributed by atoms with E-state index in [2.05, 4.69) is 35.3 Å². The van der Waals surface area contributed by atoms with Gasteiger partial charge in [0.25, 0.3) is 5.91 Å². The van der Waals surface area contributed by atoms with Crippen LogP contribution in [-0.4, -0.2) is 10.9 Å². The molecule has 0 saturated carbocycles. The van der Waals surface area contributed by atoms with Crippen LogP contribution in [0.3, 0.4) is 0 Å². The van der Waals surface area contributed by atoms with Gasteiger partial charge in [-0.15, -0.1) is 0 Å². The Morgan fingerprint density at radius 3 is 2.11 bits per heavy atom. The molecule has 3 heteroatoms. The number of carbonyl (C=O) groups is 1. The lowest BCUT2D eigenvalue weighted by molar-refractivity contribution is 0.0996. The van der Waals surface area contributed by atoms with E-state index in [1.807, 2.05) is 54.6 Å². The lowest BCUT2D eigenvalue weighted by atomic mass is 9.94. The minimum atomic E-state index is -0.520. The van der Waals surface area contributed by atoms with Crippen LogP contribution in [0.25, 0.3) is 43.6 Å². The first-order valence-corrected chi connectivity index (χ1v) is 8.82. The Bertz CT molecular complexity index is 1360. The minimum Gasteiger partial charge on any atom is -0.364 e. The van der Waals surface area contributed by atoms with E-state index < -0.39 is 5.91 Å². The predicted molar refractivity (Wildman–Crippen MR) is 111 cm³/mol. The number of nitrogens with two attached hydrogens (primary N) is 1. The number of para-hydroxylation sites is 1. The number of primary amides is 1. The Labute approximate surface area is 156 Å². The molecule has 1 aromatic heterocycles. The highest BCUT2D eigenvalue weighted by atomic mass is 16.1. The molecule has 0 fully saturated rings. The maximum Gasteiger partial charge on any atom is 0.267 e. The average molecular weight is 348 g/mol. The molecule has 4 aromatic carbocycles. The number of amides is 1. The summed E-state index contributed by atoms with van der Waals surface area (Å²) < 4.78 is 0. The molecule has 0 saturated heterocycles. The third-order valence-electron chi connectivity index (χ3n) is 4.99. The van der Waals surface area contributed by atoms with Crippen LogP contribution < -0.4 is 5.73 Å². The quantitative estimate of drug-likeness (QED) is 0.440. The third-order valence-corrected chi connectivity index (χ3v) is 4.99. The second kappa shape index (κ2) is 5.92. The SMILES string of the molecule is NC(=O)c1nc2ccccc2cc1-c1cccc2cc3ccccc3cc12. The number of hydrogen-bond donors (Lipinski definition) is 1. The number of aromatic nitrogens is 1. The summed E-state index contributed by atoms with van der Waals surface area (Å²) in [5, 5.41) is 5.53. The van der Waals surface area contributed by atoms with Crippen LogP contribution in [0.5, 0.6) is 0 Å². The summed E-state index contributed by atoms with van der Waals surface area (Å²) >= 11 is 0. The second-order valence-electron chi connectivity index (χ2n) is 6.67. The maximum atomic E-state index is 12.1. The van der Waals surface area contributed by atoms with Gasteiger partial charge in [-0.3, -0.25) is 4.79 Å². The van der Waals surface area contributed by atoms with Gasteiger partial charge < -0.3 is 5.73 Å². The van der Waals surface area contributed by atoms with Crippen molar-refractivity contribution >= 4 is 38.4 Å². The van der Waals surface area contributed by atoms with Crippen LogP contribution in [0.4, 0.5) is 0 Å². The van der Waals surface area contributed by atoms with Crippen LogP contribution in [0.2, 0.25) is 0 Å². The highest BCUT2D eigenvalue weighted by Crippen LogP contribution is 2.34. The summed E-state index contributed by atoms with van der Waals surface area (Å²) in [6.45, 7) is 0. The Morgan fingerprint density at radius 2 is 1.33 bits per heavy atom. The van der Waals surface area contributed by atoms with Crippen molar-refractivity contribution in [3.63, 3.8) is 0 Å². The molecule has 0 aliphatic carbocycles. The zero-order valence-corrected chi connectivity index (χ0v) is 14.5. The van der Waals surface area contributed by atoms with Gasteiger partial charge in [0.2, 0.25) is 0 Å². The highest BCUT2D eigenvalue weighted by molar-refractivity contribution is 6.09. The van der Waals surface area contributed by atoms with Gasteiger partial charge in [0.05, 0.1) is 5.52 Å². The third kappa shape index (κ3) is 2.52. The highest BCUT2D eigenvalue weighted by Gasteiger charge is 2.16. The standard InChI is InChI=1S/C24H16N2O/c25-24(27)23-21(14-18-8-3-4-11-22(18)26-23)19-10-5-9-17-12-15-6-1-2-7-16(15)13-20(17)19/h1-14H,(H2,25,27). The van der Waals surface area contributed by atoms with Gasteiger partial charge in [-0.05, 0) is 51.4 Å². The molecular formula is C24H16N2O. The Balaban J connectivity index is 1.89. The maximum absolute atomic E-state index is 12.1. The molecule has 0 aliphatic heterocycles. The topological polar surface area (TPSA) is 56.0 Å². The lowest BCUT2D eigenvalue weighted by Gasteiger charge is -2.12. The number of hydrogen-bond acceptors (Lipinski definition) is 2. The first-order chi connectivity index (χ1) is 13.2. The molecule has 1 amide bonds. The van der Waals surface area contributed by atoms with E-state index >= 15 is 0 Å². The number of pyridine rings is 1. The molecule has 1 heterocycles. The van der Waals surface area contributed by atoms with Gasteiger partial charge in [-0.25, -0.2) is 4.98 Å². The second-order valence-corrected chi connectivity index (χ2v) is 6.67. The normalized spacial score (nSPS) is 11.3. The van der Waals surface area contributed by atoms with Crippen molar-refractivity contribution in [3.05, 3.63) is 90.6 Å². The van der Waals surface area contributed by atoms with Crippen LogP contribution in [0, 0.1) is 0 Å². The molecule has 27 heavy (non-hydrogen) atoms. The summed E-state index contributed by atoms with van der Waals surface area (Å²) in [5.74, 6) is -0.520. The predicted octanol–water partition coefficient (Wildman–Crippen LogP) is 5.31. The first-order valence-electron chi connectivity index (χ1n) is 8.82. The number of benzene rings is 4. The van der Waals surface area contributed by atoms with Crippen molar-refractivity contribution in [3.8, 4) is 11.1 Å². The lowest BCUT2D eigenvalue weighted by Crippen LogP contribution is -2.14. The van der Waals surface area contributed by atoms with Crippen LogP contribution in [0.1, 0.15) is 10.5 Å². The fraction of sp³-hybridized carbons (Fsp3) is 0. The molecule has 0 aliphatic rings. The average Bonchev–Trinajstić information content (AvgIpc) is 2.70. The number of rotatable bonds is 2. The van der Waals surface area contributed by atoms with Crippen molar-refractivity contribution in [2.75, 3.05) is 0 Å². The van der Waals surface area contributed by atoms with Gasteiger partial charge in [-0.1, -0.05) is 60.7 Å². The molecule has 0 bridgehead atoms. The van der Waals surface area contributed by atoms with Crippen molar-refractivity contribution in [2.24, 2.45) is 5.73 Å². The zero-order chi connectivity index (χ0) is 18.4. The summed E-state index contributed by atoms with van der Waals surface area (Å²) in [6.07, 6.45) is 0. The van der Waals surface area contributed by atoms with Crippen LogP contribution >= 0.6 is 0 Å². The van der Waals surface area contributed by atoms with Crippen molar-refractivity contribution in [1.82, 2.24) is 4.98 Å². The molecule has 0 spiro atoms. The van der Waals surface area contributed by atoms with Crippen molar-refractivity contribution in [1.29, 1.82) is 0 Å². The van der Waals surface area contributed by atoms with E-state index in [-0.39, 0.29) is 0 Å². The fourth-order valence-corrected chi connectivity index (χ4v) is 3.71. The summed E-state index contributed by atoms with van der Waals surface area (Å²) in [7, 11) is 0. The molecule has 128 valence electrons. The van der Waals surface area contributed by atoms with E-state index in [9.17, 15) is 4.79 Å². The minimum absolute atomic E-state index is 0.300. The fourth-order valence-electron chi connectivity index (χ4n) is 3.71. The van der Waals surface area contributed by atoms with Gasteiger partial charge in [0.15, 0.2) is 0 Å². The van der Waals surface area contributed by atoms with Gasteiger partial charge in [0.1, 0.15) is 5.69 Å². The van der Waals surface area contributed by atoms with Crippen LogP contribution in [-0.2, 0) is 0 Å². The van der Waals surface area contributed by atoms with E-state index in [0.29, 0.717) is 5.69 Å². The Morgan fingerprint density at radius 1 is 0.667 bits per heavy atom. The molecule has 5 aromatic rings. The van der Waals surface area contributed by atoms with E-state index in [1.54, 1.807) is 0 Å². The van der Waals surface area contributed by atoms with Gasteiger partial charge in [-0.2, -0.15) is 0 Å². The summed E-state index contributed by atoms with van der Waals surface area (Å²) in [6, 6.07) is 28.5. The van der Waals surface area contributed by atoms with E-state index in [4.69, 9.17) is 5.73 Å². The molecule has 5 rings (SSSR count). The molecule has 0 atom stereocenters. The molecule has 3 nitrogen and oxygen atoms in total. The largest absolute Gasteiger partial charge is 0.364 e. The molecule has 0 radical (unpaired) electrons. The number of fused-ring (bicyclic) bond motifs is 3. The Hall–Kier alpha value is -3.72. The molecule has 2 N–H and O–H groups in total. The van der Waals surface area contributed by atoms with Gasteiger partial charge in [0, 0.05) is 10.9 Å². The van der Waals surface area contributed by atoms with E-state index in [0.717, 1.165) is 38.2 Å². The summed E-state index contributed by atoms with van der Waals surface area (Å²) in [5.41, 5.74) is 8.47. The number of carbonyl (C=O) groups excluding carboxylic acids is 1.